The first-order valence-corrected chi connectivity index (χ1v) is 8.78. The van der Waals surface area contributed by atoms with E-state index in [0.29, 0.717) is 4.47 Å². The van der Waals surface area contributed by atoms with Crippen molar-refractivity contribution in [2.24, 2.45) is 5.92 Å². The molecule has 1 aliphatic carbocycles. The first-order valence-electron chi connectivity index (χ1n) is 7.55. The van der Waals surface area contributed by atoms with E-state index in [1.165, 1.54) is 25.7 Å². The van der Waals surface area contributed by atoms with Crippen LogP contribution in [0.4, 0.5) is 4.39 Å². The Kier molecular flexibility index (Phi) is 4.55. The molecule has 0 saturated heterocycles. The van der Waals surface area contributed by atoms with Crippen LogP contribution in [0.15, 0.2) is 16.6 Å². The molecule has 0 radical (unpaired) electrons. The van der Waals surface area contributed by atoms with Crippen molar-refractivity contribution in [1.82, 2.24) is 9.55 Å². The zero-order valence-corrected chi connectivity index (χ0v) is 14.4. The van der Waals surface area contributed by atoms with Crippen molar-refractivity contribution in [2.45, 2.75) is 50.9 Å². The van der Waals surface area contributed by atoms with Gasteiger partial charge in [0.25, 0.3) is 0 Å². The summed E-state index contributed by atoms with van der Waals surface area (Å²) in [6.45, 7) is 2.79. The fourth-order valence-corrected chi connectivity index (χ4v) is 3.79. The number of benzene rings is 1. The van der Waals surface area contributed by atoms with Gasteiger partial charge in [0.05, 0.1) is 20.9 Å². The van der Waals surface area contributed by atoms with Crippen LogP contribution in [0.5, 0.6) is 0 Å². The first kappa shape index (κ1) is 15.3. The number of aromatic nitrogens is 2. The minimum atomic E-state index is -0.252. The summed E-state index contributed by atoms with van der Waals surface area (Å²) in [5.41, 5.74) is 1.65. The summed E-state index contributed by atoms with van der Waals surface area (Å²) in [6, 6.07) is 3.29. The lowest BCUT2D eigenvalue weighted by Gasteiger charge is -2.14. The molecule has 114 valence electrons. The van der Waals surface area contributed by atoms with E-state index in [0.717, 1.165) is 35.7 Å². The van der Waals surface area contributed by atoms with Crippen molar-refractivity contribution < 1.29 is 4.39 Å². The Morgan fingerprint density at radius 2 is 2.14 bits per heavy atom. The number of hydrogen-bond acceptors (Lipinski definition) is 1. The van der Waals surface area contributed by atoms with Gasteiger partial charge in [-0.25, -0.2) is 9.37 Å². The van der Waals surface area contributed by atoms with Crippen molar-refractivity contribution in [1.29, 1.82) is 0 Å². The quantitative estimate of drug-likeness (QED) is 0.618. The average molecular weight is 374 g/mol. The van der Waals surface area contributed by atoms with Crippen molar-refractivity contribution in [3.8, 4) is 0 Å². The second-order valence-corrected chi connectivity index (χ2v) is 7.44. The molecule has 0 amide bonds. The molecule has 0 aliphatic heterocycles. The Morgan fingerprint density at radius 3 is 2.81 bits per heavy atom. The summed E-state index contributed by atoms with van der Waals surface area (Å²) in [7, 11) is 0. The topological polar surface area (TPSA) is 17.8 Å². The molecule has 5 heteroatoms. The average Bonchev–Trinajstić information content (AvgIpc) is 3.05. The maximum Gasteiger partial charge on any atom is 0.139 e. The molecule has 1 aromatic heterocycles. The highest BCUT2D eigenvalue weighted by atomic mass is 79.9. The standard InChI is InChI=1S/C16H19BrClFN2/c1-10(18)16-20-14-8-12(17)13(19)9-15(14)21(16)7-6-11-4-2-3-5-11/h8-11H,2-7H2,1H3. The van der Waals surface area contributed by atoms with Crippen LogP contribution in [0.1, 0.15) is 50.2 Å². The van der Waals surface area contributed by atoms with Crippen LogP contribution in [-0.2, 0) is 6.54 Å². The van der Waals surface area contributed by atoms with Gasteiger partial charge in [-0.15, -0.1) is 11.6 Å². The predicted octanol–water partition coefficient (Wildman–Crippen LogP) is 5.82. The minimum absolute atomic E-state index is 0.178. The van der Waals surface area contributed by atoms with E-state index in [1.54, 1.807) is 12.1 Å². The van der Waals surface area contributed by atoms with Crippen LogP contribution in [0.2, 0.25) is 0 Å². The zero-order valence-electron chi connectivity index (χ0n) is 12.1. The number of fused-ring (bicyclic) bond motifs is 1. The van der Waals surface area contributed by atoms with Gasteiger partial charge in [-0.1, -0.05) is 25.7 Å². The molecule has 1 heterocycles. The lowest BCUT2D eigenvalue weighted by Crippen LogP contribution is -2.08. The molecule has 1 saturated carbocycles. The van der Waals surface area contributed by atoms with E-state index >= 15 is 0 Å². The molecule has 21 heavy (non-hydrogen) atoms. The molecule has 1 aromatic carbocycles. The van der Waals surface area contributed by atoms with Gasteiger partial charge in [-0.3, -0.25) is 0 Å². The SMILES string of the molecule is CC(Cl)c1nc2cc(Br)c(F)cc2n1CCC1CCCC1. The van der Waals surface area contributed by atoms with Crippen LogP contribution in [0, 0.1) is 11.7 Å². The van der Waals surface area contributed by atoms with Crippen molar-refractivity contribution in [3.63, 3.8) is 0 Å². The summed E-state index contributed by atoms with van der Waals surface area (Å²) in [4.78, 5) is 4.59. The largest absolute Gasteiger partial charge is 0.327 e. The molecule has 0 bridgehead atoms. The molecule has 1 aliphatic rings. The smallest absolute Gasteiger partial charge is 0.139 e. The number of alkyl halides is 1. The second-order valence-electron chi connectivity index (χ2n) is 5.93. The number of aryl methyl sites for hydroxylation is 1. The summed E-state index contributed by atoms with van der Waals surface area (Å²) in [5, 5.41) is -0.178. The second kappa shape index (κ2) is 6.25. The summed E-state index contributed by atoms with van der Waals surface area (Å²) in [5.74, 6) is 1.38. The zero-order chi connectivity index (χ0) is 15.0. The lowest BCUT2D eigenvalue weighted by atomic mass is 10.0. The fourth-order valence-electron chi connectivity index (χ4n) is 3.29. The fraction of sp³-hybridized carbons (Fsp3) is 0.562. The summed E-state index contributed by atoms with van der Waals surface area (Å²) in [6.07, 6.45) is 6.45. The molecule has 0 spiro atoms. The Balaban J connectivity index is 1.96. The van der Waals surface area contributed by atoms with Gasteiger partial charge < -0.3 is 4.57 Å². The van der Waals surface area contributed by atoms with Gasteiger partial charge in [-0.2, -0.15) is 0 Å². The highest BCUT2D eigenvalue weighted by Gasteiger charge is 2.19. The highest BCUT2D eigenvalue weighted by molar-refractivity contribution is 9.10. The molecule has 1 atom stereocenters. The number of rotatable bonds is 4. The van der Waals surface area contributed by atoms with E-state index in [4.69, 9.17) is 11.6 Å². The molecule has 2 nitrogen and oxygen atoms in total. The Bertz CT molecular complexity index is 647. The maximum atomic E-state index is 13.9. The molecule has 1 fully saturated rings. The van der Waals surface area contributed by atoms with E-state index < -0.39 is 0 Å². The molecule has 2 aromatic rings. The summed E-state index contributed by atoms with van der Waals surface area (Å²) >= 11 is 9.49. The van der Waals surface area contributed by atoms with Crippen LogP contribution in [0.25, 0.3) is 11.0 Å². The van der Waals surface area contributed by atoms with Crippen LogP contribution in [-0.4, -0.2) is 9.55 Å². The Hall–Kier alpha value is -0.610. The monoisotopic (exact) mass is 372 g/mol. The molecule has 0 N–H and O–H groups in total. The van der Waals surface area contributed by atoms with E-state index in [9.17, 15) is 4.39 Å². The predicted molar refractivity (Wildman–Crippen MR) is 88.2 cm³/mol. The molecule has 1 unspecified atom stereocenters. The van der Waals surface area contributed by atoms with Crippen LogP contribution >= 0.6 is 27.5 Å². The Labute approximate surface area is 137 Å². The van der Waals surface area contributed by atoms with Gasteiger partial charge in [0, 0.05) is 12.6 Å². The number of imidazole rings is 1. The van der Waals surface area contributed by atoms with Gasteiger partial charge in [0.15, 0.2) is 0 Å². The van der Waals surface area contributed by atoms with Crippen LogP contribution < -0.4 is 0 Å². The lowest BCUT2D eigenvalue weighted by molar-refractivity contribution is 0.456. The Morgan fingerprint density at radius 1 is 1.43 bits per heavy atom. The maximum absolute atomic E-state index is 13.9. The van der Waals surface area contributed by atoms with Gasteiger partial charge in [0.2, 0.25) is 0 Å². The summed E-state index contributed by atoms with van der Waals surface area (Å²) < 4.78 is 16.4. The van der Waals surface area contributed by atoms with E-state index in [1.807, 2.05) is 6.92 Å². The van der Waals surface area contributed by atoms with Gasteiger partial charge in [0.1, 0.15) is 11.6 Å². The number of halogens is 3. The third kappa shape index (κ3) is 3.11. The van der Waals surface area contributed by atoms with E-state index in [-0.39, 0.29) is 11.2 Å². The van der Waals surface area contributed by atoms with Crippen molar-refractivity contribution in [3.05, 3.63) is 28.2 Å². The third-order valence-electron chi connectivity index (χ3n) is 4.41. The normalized spacial score (nSPS) is 17.7. The minimum Gasteiger partial charge on any atom is -0.327 e. The highest BCUT2D eigenvalue weighted by Crippen LogP contribution is 2.31. The van der Waals surface area contributed by atoms with Gasteiger partial charge >= 0.3 is 0 Å². The number of nitrogens with zero attached hydrogens (tertiary/aromatic N) is 2. The molecular weight excluding hydrogens is 355 g/mol. The third-order valence-corrected chi connectivity index (χ3v) is 5.21. The molecular formula is C16H19BrClFN2. The first-order chi connectivity index (χ1) is 10.1. The van der Waals surface area contributed by atoms with Crippen molar-refractivity contribution >= 4 is 38.6 Å². The molecule has 3 rings (SSSR count). The van der Waals surface area contributed by atoms with E-state index in [2.05, 4.69) is 25.5 Å². The number of hydrogen-bond donors (Lipinski definition) is 0. The van der Waals surface area contributed by atoms with Crippen LogP contribution in [0.3, 0.4) is 0 Å². The van der Waals surface area contributed by atoms with Gasteiger partial charge in [-0.05, 0) is 41.3 Å². The van der Waals surface area contributed by atoms with Crippen molar-refractivity contribution in [2.75, 3.05) is 0 Å².